The van der Waals surface area contributed by atoms with Gasteiger partial charge in [-0.05, 0) is 60.9 Å². The zero-order valence-corrected chi connectivity index (χ0v) is 18.7. The lowest BCUT2D eigenvalue weighted by atomic mass is 10.1. The van der Waals surface area contributed by atoms with Crippen molar-refractivity contribution in [3.63, 3.8) is 0 Å². The molecule has 0 radical (unpaired) electrons. The van der Waals surface area contributed by atoms with Gasteiger partial charge >= 0.3 is 0 Å². The average molecular weight is 447 g/mol. The van der Waals surface area contributed by atoms with E-state index in [1.807, 2.05) is 28.9 Å². The molecule has 1 saturated heterocycles. The number of amides is 1. The highest BCUT2D eigenvalue weighted by Gasteiger charge is 2.28. The van der Waals surface area contributed by atoms with Gasteiger partial charge in [0.2, 0.25) is 11.1 Å². The number of nitrogens with zero attached hydrogens (tertiary/aromatic N) is 5. The Morgan fingerprint density at radius 1 is 1.32 bits per heavy atom. The van der Waals surface area contributed by atoms with E-state index >= 15 is 0 Å². The molecule has 10 heteroatoms. The van der Waals surface area contributed by atoms with Crippen LogP contribution in [0.2, 0.25) is 0 Å². The minimum Gasteiger partial charge on any atom is -0.492 e. The number of ether oxygens (including phenoxy) is 2. The maximum atomic E-state index is 12.2. The van der Waals surface area contributed by atoms with E-state index in [0.717, 1.165) is 56.8 Å². The summed E-state index contributed by atoms with van der Waals surface area (Å²) in [5.41, 5.74) is 1.01. The fourth-order valence-corrected chi connectivity index (χ4v) is 4.35. The highest BCUT2D eigenvalue weighted by molar-refractivity contribution is 7.99. The summed E-state index contributed by atoms with van der Waals surface area (Å²) in [6.45, 7) is 3.67. The molecule has 2 aromatic rings. The fourth-order valence-electron chi connectivity index (χ4n) is 3.57. The van der Waals surface area contributed by atoms with E-state index in [1.165, 1.54) is 11.8 Å². The van der Waals surface area contributed by atoms with Crippen molar-refractivity contribution in [3.8, 4) is 5.75 Å². The van der Waals surface area contributed by atoms with Crippen molar-refractivity contribution in [3.05, 3.63) is 29.8 Å². The van der Waals surface area contributed by atoms with Crippen LogP contribution in [0.15, 0.2) is 29.4 Å². The summed E-state index contributed by atoms with van der Waals surface area (Å²) in [5.74, 6) is 1.08. The number of aromatic nitrogens is 4. The third-order valence-corrected chi connectivity index (χ3v) is 6.54. The Bertz CT molecular complexity index is 853. The van der Waals surface area contributed by atoms with Crippen molar-refractivity contribution >= 4 is 17.7 Å². The van der Waals surface area contributed by atoms with Crippen molar-refractivity contribution in [2.45, 2.75) is 49.5 Å². The Kier molecular flexibility index (Phi) is 7.76. The molecule has 1 amide bonds. The monoisotopic (exact) mass is 446 g/mol. The summed E-state index contributed by atoms with van der Waals surface area (Å²) in [4.78, 5) is 14.6. The molecule has 2 aliphatic rings. The fraction of sp³-hybridized carbons (Fsp3) is 0.619. The van der Waals surface area contributed by atoms with E-state index in [1.54, 1.807) is 0 Å². The first-order valence-corrected chi connectivity index (χ1v) is 11.8. The number of benzene rings is 1. The lowest BCUT2D eigenvalue weighted by molar-refractivity contribution is -0.118. The first-order valence-electron chi connectivity index (χ1n) is 10.9. The van der Waals surface area contributed by atoms with Crippen molar-refractivity contribution in [1.29, 1.82) is 0 Å². The second kappa shape index (κ2) is 10.9. The molecule has 1 aromatic carbocycles. The number of hydrogen-bond acceptors (Lipinski definition) is 8. The summed E-state index contributed by atoms with van der Waals surface area (Å²) in [7, 11) is 2.15. The predicted molar refractivity (Wildman–Crippen MR) is 117 cm³/mol. The Hall–Kier alpha value is -2.17. The summed E-state index contributed by atoms with van der Waals surface area (Å²) in [6.07, 6.45) is 4.38. The van der Waals surface area contributed by atoms with Crippen LogP contribution in [0, 0.1) is 0 Å². The van der Waals surface area contributed by atoms with Crippen LogP contribution in [-0.4, -0.2) is 76.2 Å². The van der Waals surface area contributed by atoms with Gasteiger partial charge in [0, 0.05) is 32.3 Å². The molecular weight excluding hydrogens is 416 g/mol. The van der Waals surface area contributed by atoms with Crippen LogP contribution in [0.1, 0.15) is 37.3 Å². The van der Waals surface area contributed by atoms with Gasteiger partial charge in [-0.3, -0.25) is 9.69 Å². The molecule has 2 fully saturated rings. The van der Waals surface area contributed by atoms with Crippen LogP contribution in [0.4, 0.5) is 0 Å². The molecule has 0 unspecified atom stereocenters. The van der Waals surface area contributed by atoms with E-state index < -0.39 is 0 Å². The normalized spacial score (nSPS) is 17.1. The summed E-state index contributed by atoms with van der Waals surface area (Å²) < 4.78 is 13.2. The van der Waals surface area contributed by atoms with Crippen LogP contribution in [0.25, 0.3) is 0 Å². The molecule has 0 spiro atoms. The van der Waals surface area contributed by atoms with Crippen LogP contribution >= 0.6 is 11.8 Å². The minimum absolute atomic E-state index is 0.0419. The Balaban J connectivity index is 1.16. The number of likely N-dealkylation sites (N-methyl/N-ethyl adjacent to an activating group) is 1. The quantitative estimate of drug-likeness (QED) is 0.523. The standard InChI is InChI=1S/C21H30N6O3S/c1-26(17-7-10-29-11-8-17)9-12-30-19-4-2-3-16(13-19)14-22-20(28)15-31-21-23-24-25-27(21)18-5-6-18/h2-4,13,17-18H,5-12,14-15H2,1H3,(H,22,28). The molecule has 9 nitrogen and oxygen atoms in total. The third kappa shape index (κ3) is 6.65. The number of carbonyl (C=O) groups is 1. The van der Waals surface area contributed by atoms with Crippen LogP contribution in [0.5, 0.6) is 5.75 Å². The number of rotatable bonds is 11. The Morgan fingerprint density at radius 2 is 2.16 bits per heavy atom. The molecule has 1 saturated carbocycles. The molecule has 1 aliphatic heterocycles. The summed E-state index contributed by atoms with van der Waals surface area (Å²) in [6, 6.07) is 8.85. The number of tetrazole rings is 1. The lowest BCUT2D eigenvalue weighted by Gasteiger charge is -2.31. The first kappa shape index (κ1) is 22.0. The van der Waals surface area contributed by atoms with Crippen molar-refractivity contribution < 1.29 is 14.3 Å². The summed E-state index contributed by atoms with van der Waals surface area (Å²) in [5, 5.41) is 15.4. The van der Waals surface area contributed by atoms with Crippen molar-refractivity contribution in [2.24, 2.45) is 0 Å². The van der Waals surface area contributed by atoms with E-state index in [9.17, 15) is 4.79 Å². The minimum atomic E-state index is -0.0419. The van der Waals surface area contributed by atoms with Gasteiger partial charge in [-0.15, -0.1) is 5.10 Å². The van der Waals surface area contributed by atoms with E-state index in [2.05, 4.69) is 32.8 Å². The molecule has 2 heterocycles. The highest BCUT2D eigenvalue weighted by atomic mass is 32.2. The molecule has 4 rings (SSSR count). The summed E-state index contributed by atoms with van der Waals surface area (Å²) >= 11 is 1.37. The molecule has 1 aromatic heterocycles. The van der Waals surface area contributed by atoms with Gasteiger partial charge in [0.1, 0.15) is 12.4 Å². The average Bonchev–Trinajstić information content (AvgIpc) is 3.54. The molecule has 1 N–H and O–H groups in total. The van der Waals surface area contributed by atoms with Gasteiger partial charge in [-0.2, -0.15) is 0 Å². The Labute approximate surface area is 186 Å². The Morgan fingerprint density at radius 3 is 2.97 bits per heavy atom. The van der Waals surface area contributed by atoms with E-state index in [4.69, 9.17) is 9.47 Å². The zero-order chi connectivity index (χ0) is 21.5. The maximum absolute atomic E-state index is 12.2. The van der Waals surface area contributed by atoms with Gasteiger partial charge in [0.25, 0.3) is 0 Å². The van der Waals surface area contributed by atoms with Crippen LogP contribution in [0.3, 0.4) is 0 Å². The highest BCUT2D eigenvalue weighted by Crippen LogP contribution is 2.36. The number of carbonyl (C=O) groups excluding carboxylic acids is 1. The molecule has 1 aliphatic carbocycles. The smallest absolute Gasteiger partial charge is 0.230 e. The molecule has 0 atom stereocenters. The molecule has 168 valence electrons. The topological polar surface area (TPSA) is 94.4 Å². The molecule has 0 bridgehead atoms. The zero-order valence-electron chi connectivity index (χ0n) is 17.9. The number of nitrogens with one attached hydrogen (secondary N) is 1. The largest absolute Gasteiger partial charge is 0.492 e. The van der Waals surface area contributed by atoms with Gasteiger partial charge < -0.3 is 14.8 Å². The third-order valence-electron chi connectivity index (χ3n) is 5.60. The van der Waals surface area contributed by atoms with Gasteiger partial charge in [-0.25, -0.2) is 4.68 Å². The van der Waals surface area contributed by atoms with Crippen LogP contribution < -0.4 is 10.1 Å². The predicted octanol–water partition coefficient (Wildman–Crippen LogP) is 1.91. The van der Waals surface area contributed by atoms with Gasteiger partial charge in [0.05, 0.1) is 11.8 Å². The molecular formula is C21H30N6O3S. The van der Waals surface area contributed by atoms with Crippen LogP contribution in [-0.2, 0) is 16.1 Å². The second-order valence-electron chi connectivity index (χ2n) is 8.02. The molecule has 31 heavy (non-hydrogen) atoms. The second-order valence-corrected chi connectivity index (χ2v) is 8.97. The van der Waals surface area contributed by atoms with Gasteiger partial charge in [-0.1, -0.05) is 23.9 Å². The van der Waals surface area contributed by atoms with Crippen molar-refractivity contribution in [2.75, 3.05) is 39.2 Å². The van der Waals surface area contributed by atoms with Crippen molar-refractivity contribution in [1.82, 2.24) is 30.4 Å². The number of thioether (sulfide) groups is 1. The lowest BCUT2D eigenvalue weighted by Crippen LogP contribution is -2.38. The van der Waals surface area contributed by atoms with Gasteiger partial charge in [0.15, 0.2) is 0 Å². The maximum Gasteiger partial charge on any atom is 0.230 e. The van der Waals surface area contributed by atoms with E-state index in [-0.39, 0.29) is 5.91 Å². The number of hydrogen-bond donors (Lipinski definition) is 1. The van der Waals surface area contributed by atoms with E-state index in [0.29, 0.717) is 36.1 Å². The first-order chi connectivity index (χ1) is 15.2. The SMILES string of the molecule is CN(CCOc1cccc(CNC(=O)CSc2nnnn2C2CC2)c1)C1CCOCC1.